The molecule has 78 valence electrons. The van der Waals surface area contributed by atoms with E-state index in [1.807, 2.05) is 13.8 Å². The SMILES string of the molecule is CC.CC1CCC2CN(C)CC2C1. The maximum atomic E-state index is 2.51. The Balaban J connectivity index is 0.000000396. The highest BCUT2D eigenvalue weighted by Gasteiger charge is 2.34. The predicted octanol–water partition coefficient (Wildman–Crippen LogP) is 3.01. The smallest absolute Gasteiger partial charge is 0.000995 e. The van der Waals surface area contributed by atoms with Gasteiger partial charge in [0, 0.05) is 13.1 Å². The molecule has 0 aromatic heterocycles. The Morgan fingerprint density at radius 1 is 1.00 bits per heavy atom. The molecule has 0 spiro atoms. The van der Waals surface area contributed by atoms with E-state index < -0.39 is 0 Å². The second kappa shape index (κ2) is 4.99. The molecule has 1 saturated carbocycles. The number of hydrogen-bond donors (Lipinski definition) is 0. The molecule has 13 heavy (non-hydrogen) atoms. The molecule has 0 N–H and O–H groups in total. The van der Waals surface area contributed by atoms with Gasteiger partial charge in [-0.15, -0.1) is 0 Å². The zero-order chi connectivity index (χ0) is 9.84. The fraction of sp³-hybridized carbons (Fsp3) is 1.00. The van der Waals surface area contributed by atoms with Crippen molar-refractivity contribution in [2.75, 3.05) is 20.1 Å². The highest BCUT2D eigenvalue weighted by atomic mass is 15.1. The molecule has 1 heteroatoms. The van der Waals surface area contributed by atoms with Crippen LogP contribution < -0.4 is 0 Å². The summed E-state index contributed by atoms with van der Waals surface area (Å²) in [4.78, 5) is 2.51. The second-order valence-corrected chi connectivity index (χ2v) is 4.66. The van der Waals surface area contributed by atoms with E-state index in [0.29, 0.717) is 0 Å². The molecule has 3 unspecified atom stereocenters. The van der Waals surface area contributed by atoms with Crippen molar-refractivity contribution in [3.63, 3.8) is 0 Å². The van der Waals surface area contributed by atoms with E-state index in [9.17, 15) is 0 Å². The summed E-state index contributed by atoms with van der Waals surface area (Å²) in [6.07, 6.45) is 4.47. The molecule has 0 radical (unpaired) electrons. The lowest BCUT2D eigenvalue weighted by molar-refractivity contribution is 0.238. The van der Waals surface area contributed by atoms with Crippen molar-refractivity contribution < 1.29 is 0 Å². The highest BCUT2D eigenvalue weighted by Crippen LogP contribution is 2.37. The van der Waals surface area contributed by atoms with Crippen LogP contribution >= 0.6 is 0 Å². The topological polar surface area (TPSA) is 3.24 Å². The first-order chi connectivity index (χ1) is 6.25. The zero-order valence-corrected chi connectivity index (χ0v) is 9.71. The molecule has 1 saturated heterocycles. The molecular formula is C12H25N. The van der Waals surface area contributed by atoms with Crippen LogP contribution in [0.3, 0.4) is 0 Å². The quantitative estimate of drug-likeness (QED) is 0.558. The Morgan fingerprint density at radius 2 is 1.62 bits per heavy atom. The first-order valence-corrected chi connectivity index (χ1v) is 5.94. The van der Waals surface area contributed by atoms with E-state index >= 15 is 0 Å². The summed E-state index contributed by atoms with van der Waals surface area (Å²) in [5.41, 5.74) is 0. The monoisotopic (exact) mass is 183 g/mol. The molecule has 3 atom stereocenters. The lowest BCUT2D eigenvalue weighted by atomic mass is 9.77. The van der Waals surface area contributed by atoms with Crippen molar-refractivity contribution in [3.8, 4) is 0 Å². The third-order valence-corrected chi connectivity index (χ3v) is 3.49. The second-order valence-electron chi connectivity index (χ2n) is 4.66. The highest BCUT2D eigenvalue weighted by molar-refractivity contribution is 4.86. The first-order valence-electron chi connectivity index (χ1n) is 5.94. The third kappa shape index (κ3) is 2.70. The fourth-order valence-electron chi connectivity index (χ4n) is 2.90. The van der Waals surface area contributed by atoms with E-state index in [1.54, 1.807) is 0 Å². The molecule has 1 heterocycles. The summed E-state index contributed by atoms with van der Waals surface area (Å²) in [5, 5.41) is 0. The van der Waals surface area contributed by atoms with Crippen molar-refractivity contribution in [1.29, 1.82) is 0 Å². The molecule has 0 aromatic rings. The van der Waals surface area contributed by atoms with Crippen LogP contribution in [0, 0.1) is 17.8 Å². The summed E-state index contributed by atoms with van der Waals surface area (Å²) in [6.45, 7) is 9.15. The van der Waals surface area contributed by atoms with Crippen LogP contribution in [0.1, 0.15) is 40.0 Å². The van der Waals surface area contributed by atoms with Gasteiger partial charge in [0.05, 0.1) is 0 Å². The van der Waals surface area contributed by atoms with Gasteiger partial charge in [0.2, 0.25) is 0 Å². The number of fused-ring (bicyclic) bond motifs is 1. The molecule has 2 fully saturated rings. The molecule has 0 aromatic carbocycles. The summed E-state index contributed by atoms with van der Waals surface area (Å²) in [5.74, 6) is 3.10. The van der Waals surface area contributed by atoms with E-state index in [4.69, 9.17) is 0 Å². The van der Waals surface area contributed by atoms with Gasteiger partial charge in [-0.05, 0) is 37.6 Å². The van der Waals surface area contributed by atoms with Gasteiger partial charge in [-0.2, -0.15) is 0 Å². The summed E-state index contributed by atoms with van der Waals surface area (Å²) in [7, 11) is 2.27. The molecule has 2 rings (SSSR count). The molecule has 1 aliphatic carbocycles. The third-order valence-electron chi connectivity index (χ3n) is 3.49. The Hall–Kier alpha value is -0.0400. The van der Waals surface area contributed by atoms with Crippen LogP contribution in [0.4, 0.5) is 0 Å². The van der Waals surface area contributed by atoms with Crippen LogP contribution in [0.25, 0.3) is 0 Å². The predicted molar refractivity (Wildman–Crippen MR) is 58.8 cm³/mol. The summed E-state index contributed by atoms with van der Waals surface area (Å²) in [6, 6.07) is 0. The van der Waals surface area contributed by atoms with Crippen LogP contribution in [0.2, 0.25) is 0 Å². The Morgan fingerprint density at radius 3 is 2.31 bits per heavy atom. The van der Waals surface area contributed by atoms with Gasteiger partial charge in [-0.25, -0.2) is 0 Å². The molecule has 0 amide bonds. The Labute approximate surface area is 83.5 Å². The van der Waals surface area contributed by atoms with Crippen molar-refractivity contribution in [3.05, 3.63) is 0 Å². The molecule has 2 aliphatic rings. The lowest BCUT2D eigenvalue weighted by Crippen LogP contribution is -2.21. The minimum absolute atomic E-state index is 1.00. The van der Waals surface area contributed by atoms with Crippen LogP contribution in [0.15, 0.2) is 0 Å². The minimum Gasteiger partial charge on any atom is -0.306 e. The summed E-state index contributed by atoms with van der Waals surface area (Å²) >= 11 is 0. The van der Waals surface area contributed by atoms with E-state index in [2.05, 4.69) is 18.9 Å². The lowest BCUT2D eigenvalue weighted by Gasteiger charge is -2.28. The zero-order valence-electron chi connectivity index (χ0n) is 9.71. The Bertz CT molecular complexity index is 144. The van der Waals surface area contributed by atoms with Crippen LogP contribution in [-0.2, 0) is 0 Å². The van der Waals surface area contributed by atoms with Gasteiger partial charge in [0.25, 0.3) is 0 Å². The maximum absolute atomic E-state index is 2.51. The van der Waals surface area contributed by atoms with E-state index in [0.717, 1.165) is 17.8 Å². The number of likely N-dealkylation sites (tertiary alicyclic amines) is 1. The van der Waals surface area contributed by atoms with Gasteiger partial charge >= 0.3 is 0 Å². The normalized spacial score (nSPS) is 39.2. The Kier molecular flexibility index (Phi) is 4.24. The van der Waals surface area contributed by atoms with Gasteiger partial charge in [0.15, 0.2) is 0 Å². The average Bonchev–Trinajstić information content (AvgIpc) is 2.48. The number of rotatable bonds is 0. The van der Waals surface area contributed by atoms with Crippen molar-refractivity contribution in [2.24, 2.45) is 17.8 Å². The number of nitrogens with zero attached hydrogens (tertiary/aromatic N) is 1. The average molecular weight is 183 g/mol. The van der Waals surface area contributed by atoms with E-state index in [-0.39, 0.29) is 0 Å². The van der Waals surface area contributed by atoms with E-state index in [1.165, 1.54) is 32.4 Å². The molecule has 0 bridgehead atoms. The van der Waals surface area contributed by atoms with Gasteiger partial charge < -0.3 is 4.90 Å². The maximum Gasteiger partial charge on any atom is 0.000995 e. The van der Waals surface area contributed by atoms with Crippen LogP contribution in [-0.4, -0.2) is 25.0 Å². The largest absolute Gasteiger partial charge is 0.306 e. The first kappa shape index (κ1) is 11.0. The fourth-order valence-corrected chi connectivity index (χ4v) is 2.90. The van der Waals surface area contributed by atoms with Crippen molar-refractivity contribution >= 4 is 0 Å². The summed E-state index contributed by atoms with van der Waals surface area (Å²) < 4.78 is 0. The van der Waals surface area contributed by atoms with Gasteiger partial charge in [-0.3, -0.25) is 0 Å². The molecule has 1 nitrogen and oxygen atoms in total. The number of hydrogen-bond acceptors (Lipinski definition) is 1. The van der Waals surface area contributed by atoms with Gasteiger partial charge in [0.1, 0.15) is 0 Å². The van der Waals surface area contributed by atoms with Crippen molar-refractivity contribution in [1.82, 2.24) is 4.90 Å². The molecule has 1 aliphatic heterocycles. The standard InChI is InChI=1S/C10H19N.C2H6/c1-8-3-4-9-6-11(2)7-10(9)5-8;1-2/h8-10H,3-7H2,1-2H3;1-2H3. The minimum atomic E-state index is 1.00. The van der Waals surface area contributed by atoms with Crippen LogP contribution in [0.5, 0.6) is 0 Å². The molecular weight excluding hydrogens is 158 g/mol. The van der Waals surface area contributed by atoms with Crippen molar-refractivity contribution in [2.45, 2.75) is 40.0 Å². The van der Waals surface area contributed by atoms with Gasteiger partial charge in [-0.1, -0.05) is 27.2 Å².